The van der Waals surface area contributed by atoms with Crippen LogP contribution in [0.3, 0.4) is 0 Å². The van der Waals surface area contributed by atoms with Crippen LogP contribution >= 0.6 is 0 Å². The number of rotatable bonds is 9. The Morgan fingerprint density at radius 1 is 1.00 bits per heavy atom. The predicted molar refractivity (Wildman–Crippen MR) is 83.1 cm³/mol. The maximum Gasteiger partial charge on any atom is 0.237 e. The fourth-order valence-electron chi connectivity index (χ4n) is 2.52. The fourth-order valence-corrected chi connectivity index (χ4v) is 2.52. The fraction of sp³-hybridized carbons (Fsp3) is 0.938. The molecule has 0 aromatic carbocycles. The zero-order chi connectivity index (χ0) is 15.0. The smallest absolute Gasteiger partial charge is 0.237 e. The van der Waals surface area contributed by atoms with Crippen molar-refractivity contribution in [2.75, 3.05) is 6.54 Å². The summed E-state index contributed by atoms with van der Waals surface area (Å²) >= 11 is 0. The van der Waals surface area contributed by atoms with E-state index in [0.717, 1.165) is 19.4 Å². The molecule has 0 saturated heterocycles. The summed E-state index contributed by atoms with van der Waals surface area (Å²) in [6.45, 7) is 16.1. The number of nitrogens with one attached hydrogen (secondary N) is 2. The number of carbonyl (C=O) groups excluding carboxylic acids is 1. The normalized spacial score (nSPS) is 15.1. The van der Waals surface area contributed by atoms with Crippen molar-refractivity contribution in [3.05, 3.63) is 0 Å². The van der Waals surface area contributed by atoms with E-state index in [1.54, 1.807) is 0 Å². The minimum atomic E-state index is -0.112. The lowest BCUT2D eigenvalue weighted by atomic mass is 9.85. The molecule has 0 spiro atoms. The average molecular weight is 270 g/mol. The predicted octanol–water partition coefficient (Wildman–Crippen LogP) is 3.20. The van der Waals surface area contributed by atoms with E-state index in [0.29, 0.717) is 17.8 Å². The summed E-state index contributed by atoms with van der Waals surface area (Å²) in [4.78, 5) is 12.0. The van der Waals surface area contributed by atoms with Crippen molar-refractivity contribution in [3.8, 4) is 0 Å². The van der Waals surface area contributed by atoms with Gasteiger partial charge in [0.25, 0.3) is 0 Å². The first-order valence-electron chi connectivity index (χ1n) is 7.83. The molecule has 0 rings (SSSR count). The molecule has 0 bridgehead atoms. The molecule has 0 radical (unpaired) electrons. The minimum absolute atomic E-state index is 0.112. The minimum Gasteiger partial charge on any atom is -0.352 e. The van der Waals surface area contributed by atoms with Gasteiger partial charge in [-0.25, -0.2) is 0 Å². The Bertz CT molecular complexity index is 243. The Kier molecular flexibility index (Phi) is 9.07. The summed E-state index contributed by atoms with van der Waals surface area (Å²) in [5.41, 5.74) is 0. The first-order chi connectivity index (χ1) is 8.79. The third-order valence-corrected chi connectivity index (χ3v) is 3.88. The zero-order valence-corrected chi connectivity index (χ0v) is 13.9. The van der Waals surface area contributed by atoms with Crippen molar-refractivity contribution in [3.63, 3.8) is 0 Å². The molecule has 0 fully saturated rings. The average Bonchev–Trinajstić information content (AvgIpc) is 2.27. The monoisotopic (exact) mass is 270 g/mol. The van der Waals surface area contributed by atoms with Gasteiger partial charge in [-0.15, -0.1) is 0 Å². The summed E-state index contributed by atoms with van der Waals surface area (Å²) in [5.74, 6) is 2.01. The quantitative estimate of drug-likeness (QED) is 0.675. The summed E-state index contributed by atoms with van der Waals surface area (Å²) in [6.07, 6.45) is 2.14. The highest BCUT2D eigenvalue weighted by atomic mass is 16.2. The van der Waals surface area contributed by atoms with Crippen molar-refractivity contribution in [2.24, 2.45) is 17.8 Å². The Morgan fingerprint density at radius 2 is 1.53 bits per heavy atom. The second-order valence-electron chi connectivity index (χ2n) is 6.48. The van der Waals surface area contributed by atoms with Crippen LogP contribution in [0.2, 0.25) is 0 Å². The maximum atomic E-state index is 12.0. The summed E-state index contributed by atoms with van der Waals surface area (Å²) in [7, 11) is 0. The number of amides is 1. The summed E-state index contributed by atoms with van der Waals surface area (Å²) in [5, 5.41) is 6.44. The van der Waals surface area contributed by atoms with Crippen molar-refractivity contribution < 1.29 is 4.79 Å². The number of carbonyl (C=O) groups is 1. The molecular weight excluding hydrogens is 236 g/mol. The van der Waals surface area contributed by atoms with Crippen molar-refractivity contribution in [1.29, 1.82) is 0 Å². The van der Waals surface area contributed by atoms with Gasteiger partial charge in [-0.2, -0.15) is 0 Å². The van der Waals surface area contributed by atoms with Gasteiger partial charge in [0, 0.05) is 6.04 Å². The first kappa shape index (κ1) is 18.4. The molecule has 1 amide bonds. The molecule has 2 atom stereocenters. The van der Waals surface area contributed by atoms with Gasteiger partial charge in [0.2, 0.25) is 5.91 Å². The van der Waals surface area contributed by atoms with E-state index in [-0.39, 0.29) is 18.0 Å². The van der Waals surface area contributed by atoms with Gasteiger partial charge < -0.3 is 10.6 Å². The lowest BCUT2D eigenvalue weighted by molar-refractivity contribution is -0.123. The highest BCUT2D eigenvalue weighted by molar-refractivity contribution is 5.81. The molecule has 19 heavy (non-hydrogen) atoms. The lowest BCUT2D eigenvalue weighted by Crippen LogP contribution is -2.47. The topological polar surface area (TPSA) is 41.1 Å². The third kappa shape index (κ3) is 7.56. The molecule has 0 aromatic rings. The van der Waals surface area contributed by atoms with E-state index < -0.39 is 0 Å². The molecular formula is C16H34N2O. The van der Waals surface area contributed by atoms with Gasteiger partial charge in [-0.3, -0.25) is 4.79 Å². The Labute approximate surface area is 119 Å². The van der Waals surface area contributed by atoms with Gasteiger partial charge >= 0.3 is 0 Å². The van der Waals surface area contributed by atoms with E-state index in [1.165, 1.54) is 0 Å². The van der Waals surface area contributed by atoms with Crippen molar-refractivity contribution in [2.45, 2.75) is 73.4 Å². The van der Waals surface area contributed by atoms with Crippen LogP contribution in [0.1, 0.15) is 61.3 Å². The second-order valence-corrected chi connectivity index (χ2v) is 6.48. The van der Waals surface area contributed by atoms with E-state index in [4.69, 9.17) is 0 Å². The number of hydrogen-bond donors (Lipinski definition) is 2. The first-order valence-corrected chi connectivity index (χ1v) is 7.83. The van der Waals surface area contributed by atoms with Crippen LogP contribution in [0.25, 0.3) is 0 Å². The van der Waals surface area contributed by atoms with E-state index in [9.17, 15) is 4.79 Å². The van der Waals surface area contributed by atoms with E-state index >= 15 is 0 Å². The summed E-state index contributed by atoms with van der Waals surface area (Å²) in [6, 6.07) is 0.159. The van der Waals surface area contributed by atoms with Crippen LogP contribution in [-0.2, 0) is 4.79 Å². The molecule has 0 aromatic heterocycles. The highest BCUT2D eigenvalue weighted by Gasteiger charge is 2.20. The highest BCUT2D eigenvalue weighted by Crippen LogP contribution is 2.19. The van der Waals surface area contributed by atoms with Gasteiger partial charge in [-0.05, 0) is 44.6 Å². The van der Waals surface area contributed by atoms with Crippen LogP contribution in [0, 0.1) is 17.8 Å². The molecule has 0 saturated carbocycles. The molecule has 0 aliphatic rings. The number of hydrogen-bond acceptors (Lipinski definition) is 2. The molecule has 0 heterocycles. The van der Waals surface area contributed by atoms with Crippen LogP contribution in [0.4, 0.5) is 0 Å². The van der Waals surface area contributed by atoms with Gasteiger partial charge in [0.05, 0.1) is 6.04 Å². The SMILES string of the molecule is CCCC(C)NC(=O)C(C)NCC(C(C)C)C(C)C. The van der Waals surface area contributed by atoms with Crippen LogP contribution in [0.5, 0.6) is 0 Å². The van der Waals surface area contributed by atoms with Gasteiger partial charge in [-0.1, -0.05) is 41.0 Å². The molecule has 114 valence electrons. The molecule has 3 heteroatoms. The molecule has 0 aliphatic heterocycles. The Morgan fingerprint density at radius 3 is 1.95 bits per heavy atom. The van der Waals surface area contributed by atoms with Crippen LogP contribution in [-0.4, -0.2) is 24.5 Å². The third-order valence-electron chi connectivity index (χ3n) is 3.88. The Hall–Kier alpha value is -0.570. The van der Waals surface area contributed by atoms with E-state index in [2.05, 4.69) is 52.2 Å². The van der Waals surface area contributed by atoms with Gasteiger partial charge in [0.1, 0.15) is 0 Å². The molecule has 3 nitrogen and oxygen atoms in total. The van der Waals surface area contributed by atoms with E-state index in [1.807, 2.05) is 6.92 Å². The van der Waals surface area contributed by atoms with Crippen molar-refractivity contribution >= 4 is 5.91 Å². The maximum absolute atomic E-state index is 12.0. The molecule has 2 unspecified atom stereocenters. The van der Waals surface area contributed by atoms with Gasteiger partial charge in [0.15, 0.2) is 0 Å². The van der Waals surface area contributed by atoms with Crippen LogP contribution in [0.15, 0.2) is 0 Å². The largest absolute Gasteiger partial charge is 0.352 e. The Balaban J connectivity index is 4.14. The summed E-state index contributed by atoms with van der Waals surface area (Å²) < 4.78 is 0. The van der Waals surface area contributed by atoms with Crippen LogP contribution < -0.4 is 10.6 Å². The zero-order valence-electron chi connectivity index (χ0n) is 13.9. The molecule has 2 N–H and O–H groups in total. The molecule has 0 aliphatic carbocycles. The second kappa shape index (κ2) is 9.35. The lowest BCUT2D eigenvalue weighted by Gasteiger charge is -2.27. The standard InChI is InChI=1S/C16H34N2O/c1-8-9-13(6)18-16(19)14(7)17-10-15(11(2)3)12(4)5/h11-15,17H,8-10H2,1-7H3,(H,18,19). The van der Waals surface area contributed by atoms with Crippen molar-refractivity contribution in [1.82, 2.24) is 10.6 Å².